The van der Waals surface area contributed by atoms with E-state index in [9.17, 15) is 0 Å². The van der Waals surface area contributed by atoms with Gasteiger partial charge in [-0.1, -0.05) is 15.9 Å². The third-order valence-corrected chi connectivity index (χ3v) is 4.53. The topological polar surface area (TPSA) is 47.3 Å². The van der Waals surface area contributed by atoms with E-state index in [1.807, 2.05) is 0 Å². The second kappa shape index (κ2) is 6.47. The Hall–Kier alpha value is 0.310. The molecule has 1 aromatic carbocycles. The SMILES string of the molecule is NNC(c1cc(I)ccc1Br)C1CCCOC1. The first-order chi connectivity index (χ1) is 8.22. The van der Waals surface area contributed by atoms with Gasteiger partial charge < -0.3 is 4.74 Å². The lowest BCUT2D eigenvalue weighted by Crippen LogP contribution is -2.37. The van der Waals surface area contributed by atoms with E-state index in [2.05, 4.69) is 62.1 Å². The van der Waals surface area contributed by atoms with Crippen LogP contribution in [0.15, 0.2) is 22.7 Å². The Morgan fingerprint density at radius 1 is 1.53 bits per heavy atom. The molecule has 1 aliphatic heterocycles. The molecule has 1 heterocycles. The highest BCUT2D eigenvalue weighted by molar-refractivity contribution is 14.1. The van der Waals surface area contributed by atoms with Gasteiger partial charge in [-0.3, -0.25) is 11.3 Å². The lowest BCUT2D eigenvalue weighted by atomic mass is 9.89. The summed E-state index contributed by atoms with van der Waals surface area (Å²) in [6.45, 7) is 1.66. The number of nitrogens with two attached hydrogens (primary N) is 1. The number of rotatable bonds is 3. The zero-order valence-corrected chi connectivity index (χ0v) is 13.2. The summed E-state index contributed by atoms with van der Waals surface area (Å²) in [4.78, 5) is 0. The number of nitrogens with one attached hydrogen (secondary N) is 1. The monoisotopic (exact) mass is 410 g/mol. The predicted molar refractivity (Wildman–Crippen MR) is 80.5 cm³/mol. The van der Waals surface area contributed by atoms with Crippen LogP contribution in [0.3, 0.4) is 0 Å². The maximum Gasteiger partial charge on any atom is 0.0521 e. The molecule has 2 atom stereocenters. The largest absolute Gasteiger partial charge is 0.381 e. The van der Waals surface area contributed by atoms with Crippen molar-refractivity contribution in [2.24, 2.45) is 11.8 Å². The molecule has 0 saturated carbocycles. The Kier molecular flexibility index (Phi) is 5.23. The van der Waals surface area contributed by atoms with E-state index in [0.29, 0.717) is 5.92 Å². The summed E-state index contributed by atoms with van der Waals surface area (Å²) in [6.07, 6.45) is 2.27. The van der Waals surface area contributed by atoms with Crippen molar-refractivity contribution in [3.63, 3.8) is 0 Å². The molecule has 2 unspecified atom stereocenters. The quantitative estimate of drug-likeness (QED) is 0.457. The molecule has 94 valence electrons. The highest BCUT2D eigenvalue weighted by atomic mass is 127. The third-order valence-electron chi connectivity index (χ3n) is 3.14. The lowest BCUT2D eigenvalue weighted by molar-refractivity contribution is 0.0389. The van der Waals surface area contributed by atoms with Crippen molar-refractivity contribution in [1.29, 1.82) is 0 Å². The Morgan fingerprint density at radius 3 is 3.00 bits per heavy atom. The molecule has 3 nitrogen and oxygen atoms in total. The van der Waals surface area contributed by atoms with Crippen molar-refractivity contribution in [3.8, 4) is 0 Å². The fourth-order valence-electron chi connectivity index (χ4n) is 2.26. The summed E-state index contributed by atoms with van der Waals surface area (Å²) in [5.74, 6) is 6.17. The Balaban J connectivity index is 2.24. The first-order valence-electron chi connectivity index (χ1n) is 5.71. The van der Waals surface area contributed by atoms with Crippen LogP contribution in [0.25, 0.3) is 0 Å². The standard InChI is InChI=1S/C12H16BrIN2O/c13-11-4-3-9(14)6-10(11)12(16-15)8-2-1-5-17-7-8/h3-4,6,8,12,16H,1-2,5,7,15H2. The molecular weight excluding hydrogens is 395 g/mol. The number of benzene rings is 1. The molecule has 1 fully saturated rings. The highest BCUT2D eigenvalue weighted by Gasteiger charge is 2.26. The van der Waals surface area contributed by atoms with E-state index in [0.717, 1.165) is 30.5 Å². The van der Waals surface area contributed by atoms with E-state index in [-0.39, 0.29) is 6.04 Å². The minimum atomic E-state index is 0.152. The summed E-state index contributed by atoms with van der Waals surface area (Å²) in [5.41, 5.74) is 4.16. The van der Waals surface area contributed by atoms with Gasteiger partial charge in [0.05, 0.1) is 12.6 Å². The Bertz CT molecular complexity index is 383. The molecule has 1 saturated heterocycles. The van der Waals surface area contributed by atoms with Crippen LogP contribution >= 0.6 is 38.5 Å². The minimum Gasteiger partial charge on any atom is -0.381 e. The van der Waals surface area contributed by atoms with Gasteiger partial charge in [-0.25, -0.2) is 0 Å². The van der Waals surface area contributed by atoms with Crippen molar-refractivity contribution in [2.45, 2.75) is 18.9 Å². The van der Waals surface area contributed by atoms with Crippen molar-refractivity contribution < 1.29 is 4.74 Å². The third kappa shape index (κ3) is 3.41. The molecule has 1 aliphatic rings. The Labute approximate surface area is 124 Å². The zero-order chi connectivity index (χ0) is 12.3. The average molecular weight is 411 g/mol. The average Bonchev–Trinajstić information content (AvgIpc) is 2.36. The number of ether oxygens (including phenoxy) is 1. The van der Waals surface area contributed by atoms with Gasteiger partial charge in [-0.15, -0.1) is 0 Å². The van der Waals surface area contributed by atoms with Crippen molar-refractivity contribution in [3.05, 3.63) is 31.8 Å². The van der Waals surface area contributed by atoms with Gasteiger partial charge in [0, 0.05) is 20.6 Å². The second-order valence-electron chi connectivity index (χ2n) is 4.29. The number of halogens is 2. The fourth-order valence-corrected chi connectivity index (χ4v) is 3.27. The molecule has 17 heavy (non-hydrogen) atoms. The summed E-state index contributed by atoms with van der Waals surface area (Å²) >= 11 is 5.92. The maximum absolute atomic E-state index is 5.73. The zero-order valence-electron chi connectivity index (χ0n) is 9.46. The molecule has 0 amide bonds. The van der Waals surface area contributed by atoms with Crippen LogP contribution in [0.2, 0.25) is 0 Å². The maximum atomic E-state index is 5.73. The normalized spacial score (nSPS) is 22.4. The van der Waals surface area contributed by atoms with Crippen LogP contribution < -0.4 is 11.3 Å². The molecule has 0 aliphatic carbocycles. The molecule has 1 aromatic rings. The van der Waals surface area contributed by atoms with E-state index in [1.54, 1.807) is 0 Å². The highest BCUT2D eigenvalue weighted by Crippen LogP contribution is 2.33. The van der Waals surface area contributed by atoms with Crippen LogP contribution in [-0.2, 0) is 4.74 Å². The van der Waals surface area contributed by atoms with Crippen LogP contribution in [0.5, 0.6) is 0 Å². The summed E-state index contributed by atoms with van der Waals surface area (Å²) < 4.78 is 7.87. The molecule has 0 radical (unpaired) electrons. The summed E-state index contributed by atoms with van der Waals surface area (Å²) in [6, 6.07) is 6.48. The molecule has 3 N–H and O–H groups in total. The van der Waals surface area contributed by atoms with E-state index in [4.69, 9.17) is 10.6 Å². The first-order valence-corrected chi connectivity index (χ1v) is 7.58. The number of hydrazine groups is 1. The van der Waals surface area contributed by atoms with E-state index in [1.165, 1.54) is 9.13 Å². The van der Waals surface area contributed by atoms with Crippen molar-refractivity contribution in [2.75, 3.05) is 13.2 Å². The molecule has 0 aromatic heterocycles. The molecule has 5 heteroatoms. The number of hydrogen-bond acceptors (Lipinski definition) is 3. The first kappa shape index (κ1) is 13.7. The van der Waals surface area contributed by atoms with Crippen molar-refractivity contribution in [1.82, 2.24) is 5.43 Å². The van der Waals surface area contributed by atoms with Gasteiger partial charge >= 0.3 is 0 Å². The van der Waals surface area contributed by atoms with Crippen LogP contribution in [0.1, 0.15) is 24.4 Å². The van der Waals surface area contributed by atoms with Gasteiger partial charge in [0.1, 0.15) is 0 Å². The lowest BCUT2D eigenvalue weighted by Gasteiger charge is -2.30. The number of hydrogen-bond donors (Lipinski definition) is 2. The predicted octanol–water partition coefficient (Wildman–Crippen LogP) is 2.98. The minimum absolute atomic E-state index is 0.152. The fraction of sp³-hybridized carbons (Fsp3) is 0.500. The van der Waals surface area contributed by atoms with Gasteiger partial charge in [-0.2, -0.15) is 0 Å². The summed E-state index contributed by atoms with van der Waals surface area (Å²) in [7, 11) is 0. The van der Waals surface area contributed by atoms with E-state index < -0.39 is 0 Å². The molecular formula is C12H16BrIN2O. The van der Waals surface area contributed by atoms with E-state index >= 15 is 0 Å². The van der Waals surface area contributed by atoms with Crippen LogP contribution in [-0.4, -0.2) is 13.2 Å². The van der Waals surface area contributed by atoms with Gasteiger partial charge in [0.2, 0.25) is 0 Å². The Morgan fingerprint density at radius 2 is 2.35 bits per heavy atom. The van der Waals surface area contributed by atoms with Crippen LogP contribution in [0.4, 0.5) is 0 Å². The van der Waals surface area contributed by atoms with Crippen molar-refractivity contribution >= 4 is 38.5 Å². The second-order valence-corrected chi connectivity index (χ2v) is 6.39. The summed E-state index contributed by atoms with van der Waals surface area (Å²) in [5, 5.41) is 0. The molecule has 0 spiro atoms. The molecule has 2 rings (SSSR count). The smallest absolute Gasteiger partial charge is 0.0521 e. The molecule has 0 bridgehead atoms. The van der Waals surface area contributed by atoms with Gasteiger partial charge in [0.25, 0.3) is 0 Å². The van der Waals surface area contributed by atoms with Crippen LogP contribution in [0, 0.1) is 9.49 Å². The van der Waals surface area contributed by atoms with Gasteiger partial charge in [-0.05, 0) is 59.2 Å². The van der Waals surface area contributed by atoms with Gasteiger partial charge in [0.15, 0.2) is 0 Å².